The monoisotopic (exact) mass is 400 g/mol. The van der Waals surface area contributed by atoms with E-state index < -0.39 is 0 Å². The Hall–Kier alpha value is -2.08. The molecule has 160 valence electrons. The van der Waals surface area contributed by atoms with Crippen molar-refractivity contribution in [1.29, 1.82) is 0 Å². The molecule has 0 bridgehead atoms. The molecule has 29 heavy (non-hydrogen) atoms. The van der Waals surface area contributed by atoms with E-state index in [1.54, 1.807) is 14.2 Å². The molecule has 1 aromatic heterocycles. The second-order valence-corrected chi connectivity index (χ2v) is 8.69. The molecule has 1 aliphatic rings. The summed E-state index contributed by atoms with van der Waals surface area (Å²) in [5.41, 5.74) is 0.901. The van der Waals surface area contributed by atoms with E-state index in [0.717, 1.165) is 61.3 Å². The largest absolute Gasteiger partial charge is 0.493 e. The van der Waals surface area contributed by atoms with Crippen LogP contribution < -0.4 is 14.8 Å². The fourth-order valence-corrected chi connectivity index (χ4v) is 3.90. The Balaban J connectivity index is 1.92. The van der Waals surface area contributed by atoms with E-state index >= 15 is 0 Å². The lowest BCUT2D eigenvalue weighted by atomic mass is 10.0. The van der Waals surface area contributed by atoms with Crippen LogP contribution in [-0.4, -0.2) is 54.3 Å². The van der Waals surface area contributed by atoms with Gasteiger partial charge in [0.15, 0.2) is 11.5 Å². The molecular formula is C23H36N4O2. The topological polar surface area (TPSA) is 59.5 Å². The lowest BCUT2D eigenvalue weighted by Gasteiger charge is -2.35. The molecule has 1 N–H and O–H groups in total. The third kappa shape index (κ3) is 5.30. The summed E-state index contributed by atoms with van der Waals surface area (Å²) in [7, 11) is 3.32. The van der Waals surface area contributed by atoms with Gasteiger partial charge in [-0.1, -0.05) is 13.8 Å². The zero-order valence-electron chi connectivity index (χ0n) is 18.8. The first-order valence-corrected chi connectivity index (χ1v) is 10.8. The highest BCUT2D eigenvalue weighted by atomic mass is 16.5. The molecule has 1 aromatic carbocycles. The number of benzene rings is 1. The van der Waals surface area contributed by atoms with Crippen molar-refractivity contribution < 1.29 is 9.47 Å². The lowest BCUT2D eigenvalue weighted by Crippen LogP contribution is -2.42. The van der Waals surface area contributed by atoms with Gasteiger partial charge in [0.25, 0.3) is 0 Å². The number of aromatic nitrogens is 2. The van der Waals surface area contributed by atoms with Crippen molar-refractivity contribution >= 4 is 16.7 Å². The molecule has 1 fully saturated rings. The van der Waals surface area contributed by atoms with Gasteiger partial charge in [0.2, 0.25) is 0 Å². The van der Waals surface area contributed by atoms with E-state index in [2.05, 4.69) is 37.9 Å². The number of piperidine rings is 1. The predicted molar refractivity (Wildman–Crippen MR) is 119 cm³/mol. The number of hydrogen-bond acceptors (Lipinski definition) is 6. The Bertz CT molecular complexity index is 814. The number of rotatable bonds is 8. The van der Waals surface area contributed by atoms with E-state index in [1.165, 1.54) is 0 Å². The molecule has 0 unspecified atom stereocenters. The number of nitrogens with zero attached hydrogens (tertiary/aromatic N) is 3. The average Bonchev–Trinajstić information content (AvgIpc) is 2.71. The Morgan fingerprint density at radius 1 is 1.03 bits per heavy atom. The van der Waals surface area contributed by atoms with Gasteiger partial charge in [-0.15, -0.1) is 0 Å². The minimum Gasteiger partial charge on any atom is -0.493 e. The molecule has 0 saturated carbocycles. The average molecular weight is 401 g/mol. The van der Waals surface area contributed by atoms with Crippen molar-refractivity contribution in [2.75, 3.05) is 32.6 Å². The highest BCUT2D eigenvalue weighted by Crippen LogP contribution is 2.35. The molecule has 1 saturated heterocycles. The molecule has 2 aromatic rings. The molecule has 3 rings (SSSR count). The molecular weight excluding hydrogens is 364 g/mol. The van der Waals surface area contributed by atoms with Gasteiger partial charge >= 0.3 is 0 Å². The van der Waals surface area contributed by atoms with Gasteiger partial charge in [-0.2, -0.15) is 0 Å². The predicted octanol–water partition coefficient (Wildman–Crippen LogP) is 4.52. The van der Waals surface area contributed by atoms with Gasteiger partial charge in [0.05, 0.1) is 19.7 Å². The third-order valence-corrected chi connectivity index (χ3v) is 5.79. The summed E-state index contributed by atoms with van der Waals surface area (Å²) in [5, 5.41) is 4.71. The molecule has 0 atom stereocenters. The van der Waals surface area contributed by atoms with Crippen LogP contribution in [0, 0.1) is 5.92 Å². The maximum absolute atomic E-state index is 5.52. The highest BCUT2D eigenvalue weighted by Gasteiger charge is 2.22. The smallest absolute Gasteiger partial charge is 0.162 e. The number of aryl methyl sites for hydroxylation is 1. The van der Waals surface area contributed by atoms with Gasteiger partial charge < -0.3 is 19.7 Å². The maximum atomic E-state index is 5.52. The molecule has 6 nitrogen and oxygen atoms in total. The van der Waals surface area contributed by atoms with Crippen LogP contribution >= 0.6 is 0 Å². The van der Waals surface area contributed by atoms with Crippen LogP contribution in [0.2, 0.25) is 0 Å². The van der Waals surface area contributed by atoms with Crippen LogP contribution in [0.3, 0.4) is 0 Å². The number of methoxy groups -OCH3 is 2. The summed E-state index contributed by atoms with van der Waals surface area (Å²) in [6, 6.07) is 4.98. The van der Waals surface area contributed by atoms with Gasteiger partial charge in [-0.05, 0) is 45.1 Å². The standard InChI is InChI=1S/C23H36N4O2/c1-15(2)7-8-22-25-19-14-21(29-6)20(28-5)13-18(19)23(26-22)24-17-9-11-27(12-10-17)16(3)4/h13-17H,7-12H2,1-6H3,(H,24,25,26). The fraction of sp³-hybridized carbons (Fsp3) is 0.652. The van der Waals surface area contributed by atoms with Crippen molar-refractivity contribution in [2.24, 2.45) is 5.92 Å². The van der Waals surface area contributed by atoms with Crippen molar-refractivity contribution in [2.45, 2.75) is 65.5 Å². The third-order valence-electron chi connectivity index (χ3n) is 5.79. The van der Waals surface area contributed by atoms with Crippen molar-refractivity contribution in [3.05, 3.63) is 18.0 Å². The second kappa shape index (κ2) is 9.61. The van der Waals surface area contributed by atoms with Crippen LogP contribution in [0.15, 0.2) is 12.1 Å². The lowest BCUT2D eigenvalue weighted by molar-refractivity contribution is 0.177. The number of fused-ring (bicyclic) bond motifs is 1. The SMILES string of the molecule is COc1cc2nc(CCC(C)C)nc(NC3CCN(C(C)C)CC3)c2cc1OC. The summed E-state index contributed by atoms with van der Waals surface area (Å²) in [6.45, 7) is 11.2. The van der Waals surface area contributed by atoms with Crippen LogP contribution in [0.25, 0.3) is 10.9 Å². The van der Waals surface area contributed by atoms with Crippen molar-refractivity contribution in [1.82, 2.24) is 14.9 Å². The normalized spacial score (nSPS) is 16.0. The minimum absolute atomic E-state index is 0.425. The van der Waals surface area contributed by atoms with Crippen LogP contribution in [0.4, 0.5) is 5.82 Å². The van der Waals surface area contributed by atoms with Crippen LogP contribution in [-0.2, 0) is 6.42 Å². The summed E-state index contributed by atoms with van der Waals surface area (Å²) < 4.78 is 11.0. The Kier molecular flexibility index (Phi) is 7.17. The Morgan fingerprint density at radius 3 is 2.28 bits per heavy atom. The first-order valence-electron chi connectivity index (χ1n) is 10.8. The van der Waals surface area contributed by atoms with E-state index in [-0.39, 0.29) is 0 Å². The van der Waals surface area contributed by atoms with Crippen molar-refractivity contribution in [3.63, 3.8) is 0 Å². The molecule has 6 heteroatoms. The number of hydrogen-bond donors (Lipinski definition) is 1. The van der Waals surface area contributed by atoms with Gasteiger partial charge in [0.1, 0.15) is 11.6 Å². The summed E-state index contributed by atoms with van der Waals surface area (Å²) in [6.07, 6.45) is 4.20. The summed E-state index contributed by atoms with van der Waals surface area (Å²) >= 11 is 0. The second-order valence-electron chi connectivity index (χ2n) is 8.69. The summed E-state index contributed by atoms with van der Waals surface area (Å²) in [4.78, 5) is 12.3. The van der Waals surface area contributed by atoms with E-state index in [9.17, 15) is 0 Å². The molecule has 0 amide bonds. The molecule has 2 heterocycles. The zero-order valence-corrected chi connectivity index (χ0v) is 18.8. The number of ether oxygens (including phenoxy) is 2. The van der Waals surface area contributed by atoms with Gasteiger partial charge in [-0.3, -0.25) is 0 Å². The minimum atomic E-state index is 0.425. The molecule has 0 spiro atoms. The maximum Gasteiger partial charge on any atom is 0.162 e. The molecule has 1 aliphatic heterocycles. The van der Waals surface area contributed by atoms with E-state index in [1.807, 2.05) is 12.1 Å². The zero-order chi connectivity index (χ0) is 21.0. The molecule has 0 aliphatic carbocycles. The van der Waals surface area contributed by atoms with Crippen molar-refractivity contribution in [3.8, 4) is 11.5 Å². The first kappa shape index (κ1) is 21.6. The summed E-state index contributed by atoms with van der Waals surface area (Å²) in [5.74, 6) is 3.83. The van der Waals surface area contributed by atoms with Gasteiger partial charge in [0, 0.05) is 43.0 Å². The Labute approximate surface area is 175 Å². The van der Waals surface area contributed by atoms with Crippen LogP contribution in [0.1, 0.15) is 52.8 Å². The highest BCUT2D eigenvalue weighted by molar-refractivity contribution is 5.92. The van der Waals surface area contributed by atoms with E-state index in [4.69, 9.17) is 19.4 Å². The van der Waals surface area contributed by atoms with Gasteiger partial charge in [-0.25, -0.2) is 9.97 Å². The quantitative estimate of drug-likeness (QED) is 0.703. The Morgan fingerprint density at radius 2 is 1.69 bits per heavy atom. The number of likely N-dealkylation sites (tertiary alicyclic amines) is 1. The van der Waals surface area contributed by atoms with Crippen LogP contribution in [0.5, 0.6) is 11.5 Å². The first-order chi connectivity index (χ1) is 13.9. The number of anilines is 1. The van der Waals surface area contributed by atoms with E-state index in [0.29, 0.717) is 29.5 Å². The molecule has 0 radical (unpaired) electrons. The fourth-order valence-electron chi connectivity index (χ4n) is 3.90. The number of nitrogens with one attached hydrogen (secondary N) is 1.